The van der Waals surface area contributed by atoms with E-state index in [4.69, 9.17) is 0 Å². The second-order valence-electron chi connectivity index (χ2n) is 6.74. The molecule has 5 heteroatoms. The number of fused-ring (bicyclic) bond motifs is 1. The molecule has 0 saturated carbocycles. The Balaban J connectivity index is 1.69. The van der Waals surface area contributed by atoms with Crippen LogP contribution in [0, 0.1) is 19.7 Å². The van der Waals surface area contributed by atoms with Crippen molar-refractivity contribution in [3.63, 3.8) is 0 Å². The molecule has 136 valence electrons. The number of aromatic nitrogens is 1. The molecule has 4 aromatic rings. The van der Waals surface area contributed by atoms with Gasteiger partial charge >= 0.3 is 0 Å². The van der Waals surface area contributed by atoms with E-state index in [0.717, 1.165) is 32.6 Å². The second-order valence-corrected chi connectivity index (χ2v) is 7.69. The van der Waals surface area contributed by atoms with Gasteiger partial charge in [-0.1, -0.05) is 18.2 Å². The van der Waals surface area contributed by atoms with E-state index in [1.807, 2.05) is 48.1 Å². The largest absolute Gasteiger partial charge is 0.331 e. The van der Waals surface area contributed by atoms with Gasteiger partial charge in [0.15, 0.2) is 0 Å². The van der Waals surface area contributed by atoms with E-state index in [-0.39, 0.29) is 11.7 Å². The Bertz CT molecular complexity index is 1100. The summed E-state index contributed by atoms with van der Waals surface area (Å²) in [4.78, 5) is 13.0. The minimum absolute atomic E-state index is 0.148. The van der Waals surface area contributed by atoms with E-state index >= 15 is 0 Å². The van der Waals surface area contributed by atoms with Crippen LogP contribution in [0.25, 0.3) is 10.2 Å². The van der Waals surface area contributed by atoms with Gasteiger partial charge in [0.05, 0.1) is 10.2 Å². The van der Waals surface area contributed by atoms with Gasteiger partial charge in [0.25, 0.3) is 5.91 Å². The van der Waals surface area contributed by atoms with E-state index in [1.165, 1.54) is 12.1 Å². The highest BCUT2D eigenvalue weighted by molar-refractivity contribution is 7.17. The molecule has 0 unspecified atom stereocenters. The number of thiophene rings is 1. The topological polar surface area (TPSA) is 34.0 Å². The summed E-state index contributed by atoms with van der Waals surface area (Å²) in [7, 11) is 0. The predicted molar refractivity (Wildman–Crippen MR) is 109 cm³/mol. The zero-order chi connectivity index (χ0) is 19.0. The number of carbonyl (C=O) groups excluding carboxylic acids is 1. The quantitative estimate of drug-likeness (QED) is 0.481. The number of rotatable bonds is 4. The number of nitrogens with zero attached hydrogens (tertiary/aromatic N) is 1. The van der Waals surface area contributed by atoms with Crippen molar-refractivity contribution < 1.29 is 9.18 Å². The first-order chi connectivity index (χ1) is 13.0. The van der Waals surface area contributed by atoms with Crippen LogP contribution in [0.1, 0.15) is 27.2 Å². The lowest BCUT2D eigenvalue weighted by Gasteiger charge is -2.12. The average molecular weight is 378 g/mol. The van der Waals surface area contributed by atoms with Gasteiger partial charge in [0.2, 0.25) is 0 Å². The zero-order valence-electron chi connectivity index (χ0n) is 15.1. The maximum Gasteiger partial charge on any atom is 0.272 e. The number of anilines is 1. The summed E-state index contributed by atoms with van der Waals surface area (Å²) in [5.41, 5.74) is 5.55. The van der Waals surface area contributed by atoms with Crippen LogP contribution < -0.4 is 5.32 Å². The fourth-order valence-electron chi connectivity index (χ4n) is 3.35. The lowest BCUT2D eigenvalue weighted by Crippen LogP contribution is -2.17. The van der Waals surface area contributed by atoms with Crippen molar-refractivity contribution >= 4 is 33.1 Å². The Morgan fingerprint density at radius 2 is 1.74 bits per heavy atom. The van der Waals surface area contributed by atoms with Gasteiger partial charge in [-0.25, -0.2) is 4.39 Å². The molecule has 0 fully saturated rings. The minimum Gasteiger partial charge on any atom is -0.331 e. The minimum atomic E-state index is -0.264. The van der Waals surface area contributed by atoms with Crippen molar-refractivity contribution in [1.82, 2.24) is 4.57 Å². The number of nitrogens with one attached hydrogen (secondary N) is 1. The number of carbonyl (C=O) groups is 1. The lowest BCUT2D eigenvalue weighted by atomic mass is 10.1. The Kier molecular flexibility index (Phi) is 4.54. The molecular formula is C22H19FN2OS. The Labute approximate surface area is 161 Å². The molecule has 2 aromatic heterocycles. The molecule has 0 aliphatic rings. The van der Waals surface area contributed by atoms with Crippen molar-refractivity contribution in [1.29, 1.82) is 0 Å². The van der Waals surface area contributed by atoms with Gasteiger partial charge in [-0.05, 0) is 72.3 Å². The highest BCUT2D eigenvalue weighted by Crippen LogP contribution is 2.27. The van der Waals surface area contributed by atoms with Gasteiger partial charge < -0.3 is 9.88 Å². The van der Waals surface area contributed by atoms with Gasteiger partial charge in [-0.15, -0.1) is 11.3 Å². The first-order valence-corrected chi connectivity index (χ1v) is 9.58. The number of halogens is 1. The maximum atomic E-state index is 13.2. The third kappa shape index (κ3) is 3.64. The monoisotopic (exact) mass is 378 g/mol. The molecule has 27 heavy (non-hydrogen) atoms. The smallest absolute Gasteiger partial charge is 0.272 e. The Morgan fingerprint density at radius 3 is 2.44 bits per heavy atom. The van der Waals surface area contributed by atoms with Crippen LogP contribution in [0.15, 0.2) is 60.0 Å². The van der Waals surface area contributed by atoms with E-state index in [0.29, 0.717) is 12.2 Å². The number of hydrogen-bond acceptors (Lipinski definition) is 2. The van der Waals surface area contributed by atoms with E-state index < -0.39 is 0 Å². The number of aryl methyl sites for hydroxylation is 2. The highest BCUT2D eigenvalue weighted by Gasteiger charge is 2.17. The van der Waals surface area contributed by atoms with Crippen LogP contribution >= 0.6 is 11.3 Å². The molecule has 0 aliphatic carbocycles. The standard InChI is InChI=1S/C22H19FN2OS/c1-14-9-15(2)11-18(10-14)24-22(26)20-12-21-19(7-8-27-21)25(20)13-16-3-5-17(23)6-4-16/h3-12H,13H2,1-2H3,(H,24,26). The van der Waals surface area contributed by atoms with Gasteiger partial charge in [0.1, 0.15) is 11.5 Å². The molecule has 0 spiro atoms. The summed E-state index contributed by atoms with van der Waals surface area (Å²) < 4.78 is 16.3. The fraction of sp³-hybridized carbons (Fsp3) is 0.136. The summed E-state index contributed by atoms with van der Waals surface area (Å²) in [6, 6.07) is 16.3. The molecule has 0 atom stereocenters. The van der Waals surface area contributed by atoms with E-state index in [9.17, 15) is 9.18 Å². The molecular weight excluding hydrogens is 359 g/mol. The van der Waals surface area contributed by atoms with Gasteiger partial charge in [-0.2, -0.15) is 0 Å². The molecule has 0 bridgehead atoms. The van der Waals surface area contributed by atoms with Crippen molar-refractivity contribution in [2.24, 2.45) is 0 Å². The van der Waals surface area contributed by atoms with Crippen LogP contribution in [0.5, 0.6) is 0 Å². The van der Waals surface area contributed by atoms with Crippen molar-refractivity contribution in [2.45, 2.75) is 20.4 Å². The van der Waals surface area contributed by atoms with Crippen LogP contribution in [0.3, 0.4) is 0 Å². The van der Waals surface area contributed by atoms with Crippen LogP contribution in [-0.2, 0) is 6.54 Å². The average Bonchev–Trinajstić information content (AvgIpc) is 3.18. The SMILES string of the molecule is Cc1cc(C)cc(NC(=O)c2cc3sccc3n2Cc2ccc(F)cc2)c1. The number of amides is 1. The van der Waals surface area contributed by atoms with Crippen LogP contribution in [-0.4, -0.2) is 10.5 Å². The molecule has 3 nitrogen and oxygen atoms in total. The Morgan fingerprint density at radius 1 is 1.04 bits per heavy atom. The van der Waals surface area contributed by atoms with Crippen molar-refractivity contribution in [2.75, 3.05) is 5.32 Å². The van der Waals surface area contributed by atoms with E-state index in [2.05, 4.69) is 11.4 Å². The molecule has 2 heterocycles. The first-order valence-electron chi connectivity index (χ1n) is 8.70. The summed E-state index contributed by atoms with van der Waals surface area (Å²) >= 11 is 1.60. The molecule has 1 N–H and O–H groups in total. The molecule has 0 aliphatic heterocycles. The van der Waals surface area contributed by atoms with Crippen LogP contribution in [0.4, 0.5) is 10.1 Å². The summed E-state index contributed by atoms with van der Waals surface area (Å²) in [6.07, 6.45) is 0. The molecule has 4 rings (SSSR count). The zero-order valence-corrected chi connectivity index (χ0v) is 15.9. The van der Waals surface area contributed by atoms with Crippen molar-refractivity contribution in [3.8, 4) is 0 Å². The molecule has 0 radical (unpaired) electrons. The summed E-state index contributed by atoms with van der Waals surface area (Å²) in [6.45, 7) is 4.53. The van der Waals surface area contributed by atoms with Gasteiger partial charge in [-0.3, -0.25) is 4.79 Å². The van der Waals surface area contributed by atoms with Crippen molar-refractivity contribution in [3.05, 3.63) is 88.2 Å². The normalized spacial score (nSPS) is 11.1. The number of hydrogen-bond donors (Lipinski definition) is 1. The summed E-state index contributed by atoms with van der Waals surface area (Å²) in [5, 5.41) is 5.02. The molecule has 2 aromatic carbocycles. The van der Waals surface area contributed by atoms with Crippen LogP contribution in [0.2, 0.25) is 0 Å². The first kappa shape index (κ1) is 17.5. The highest BCUT2D eigenvalue weighted by atomic mass is 32.1. The lowest BCUT2D eigenvalue weighted by molar-refractivity contribution is 0.101. The summed E-state index contributed by atoms with van der Waals surface area (Å²) in [5.74, 6) is -0.412. The van der Waals surface area contributed by atoms with E-state index in [1.54, 1.807) is 23.5 Å². The third-order valence-electron chi connectivity index (χ3n) is 4.49. The predicted octanol–water partition coefficient (Wildman–Crippen LogP) is 5.76. The molecule has 1 amide bonds. The maximum absolute atomic E-state index is 13.2. The Hall–Kier alpha value is -2.92. The second kappa shape index (κ2) is 7.00. The number of benzene rings is 2. The van der Waals surface area contributed by atoms with Gasteiger partial charge in [0, 0.05) is 12.2 Å². The third-order valence-corrected chi connectivity index (χ3v) is 5.34. The molecule has 0 saturated heterocycles. The fourth-order valence-corrected chi connectivity index (χ4v) is 4.17.